The van der Waals surface area contributed by atoms with Crippen molar-refractivity contribution in [2.24, 2.45) is 5.14 Å². The smallest absolute Gasteiger partial charge is 0.209 e. The Kier molecular flexibility index (Phi) is 6.72. The van der Waals surface area contributed by atoms with Crippen molar-refractivity contribution in [3.8, 4) is 33.9 Å². The molecule has 4 aromatic heterocycles. The number of aromatic amines is 2. The van der Waals surface area contributed by atoms with Crippen molar-refractivity contribution in [1.29, 1.82) is 0 Å². The van der Waals surface area contributed by atoms with Gasteiger partial charge in [-0.3, -0.25) is 10.1 Å². The number of fused-ring (bicyclic) bond motifs is 2. The van der Waals surface area contributed by atoms with Crippen LogP contribution < -0.4 is 10.5 Å². The number of para-hydroxylation sites is 1. The largest absolute Gasteiger partial charge is 0.382 e. The van der Waals surface area contributed by atoms with E-state index in [1.54, 1.807) is 18.5 Å². The molecule has 0 unspecified atom stereocenters. The number of pyridine rings is 2. The standard InChI is InChI=1S/C29H27FN8O2S/c1-16(2)33-21-13-19(14-32-15-21)23-6-7-25-27(34-23)28(38-37-25)29-35-24-5-3-4-22(26(24)36-29)18-10-17(11-20(30)12-18)8-9-41(31,39)40/h3-7,10-16,33H,8-9H2,1-2H3,(H,35,36)(H,37,38)(H2,31,39,40). The predicted octanol–water partition coefficient (Wildman–Crippen LogP) is 5.02. The van der Waals surface area contributed by atoms with E-state index in [0.29, 0.717) is 39.2 Å². The number of hydrogen-bond donors (Lipinski definition) is 4. The maximum absolute atomic E-state index is 14.6. The van der Waals surface area contributed by atoms with Gasteiger partial charge in [-0.1, -0.05) is 18.2 Å². The Balaban J connectivity index is 1.40. The molecule has 0 saturated carbocycles. The van der Waals surface area contributed by atoms with Crippen LogP contribution in [0.1, 0.15) is 19.4 Å². The molecule has 0 aliphatic heterocycles. The summed E-state index contributed by atoms with van der Waals surface area (Å²) >= 11 is 0. The van der Waals surface area contributed by atoms with Crippen LogP contribution in [0.25, 0.3) is 56.0 Å². The number of halogens is 1. The highest BCUT2D eigenvalue weighted by atomic mass is 32.2. The molecule has 0 aliphatic rings. The Morgan fingerprint density at radius 1 is 0.976 bits per heavy atom. The van der Waals surface area contributed by atoms with Crippen molar-refractivity contribution in [3.05, 3.63) is 78.4 Å². The minimum absolute atomic E-state index is 0.102. The summed E-state index contributed by atoms with van der Waals surface area (Å²) in [5.74, 6) is -0.248. The molecule has 208 valence electrons. The van der Waals surface area contributed by atoms with Gasteiger partial charge in [-0.05, 0) is 67.8 Å². The van der Waals surface area contributed by atoms with E-state index in [9.17, 15) is 12.8 Å². The summed E-state index contributed by atoms with van der Waals surface area (Å²) in [5, 5.41) is 16.0. The molecule has 0 atom stereocenters. The fraction of sp³-hybridized carbons (Fsp3) is 0.172. The molecule has 0 radical (unpaired) electrons. The first-order valence-corrected chi connectivity index (χ1v) is 14.7. The van der Waals surface area contributed by atoms with Crippen molar-refractivity contribution >= 4 is 37.8 Å². The zero-order valence-corrected chi connectivity index (χ0v) is 23.1. The zero-order chi connectivity index (χ0) is 28.7. The highest BCUT2D eigenvalue weighted by Gasteiger charge is 2.18. The number of anilines is 1. The van der Waals surface area contributed by atoms with Crippen LogP contribution in [0, 0.1) is 5.82 Å². The molecule has 0 fully saturated rings. The summed E-state index contributed by atoms with van der Waals surface area (Å²) in [6.45, 7) is 4.13. The lowest BCUT2D eigenvalue weighted by Crippen LogP contribution is -2.18. The van der Waals surface area contributed by atoms with Crippen LogP contribution in [-0.2, 0) is 16.4 Å². The normalized spacial score (nSPS) is 12.0. The molecule has 0 amide bonds. The molecular weight excluding hydrogens is 543 g/mol. The average Bonchev–Trinajstić information content (AvgIpc) is 3.54. The number of sulfonamides is 1. The van der Waals surface area contributed by atoms with E-state index in [-0.39, 0.29) is 18.2 Å². The Bertz CT molecular complexity index is 2020. The third kappa shape index (κ3) is 5.65. The number of nitrogens with zero attached hydrogens (tertiary/aromatic N) is 4. The number of hydrogen-bond acceptors (Lipinski definition) is 7. The Labute approximate surface area is 235 Å². The van der Waals surface area contributed by atoms with E-state index >= 15 is 0 Å². The molecule has 0 aliphatic carbocycles. The van der Waals surface area contributed by atoms with Crippen molar-refractivity contribution in [2.45, 2.75) is 26.3 Å². The molecule has 4 heterocycles. The number of H-pyrrole nitrogens is 2. The van der Waals surface area contributed by atoms with E-state index in [2.05, 4.69) is 39.3 Å². The minimum atomic E-state index is -3.68. The number of benzene rings is 2. The fourth-order valence-corrected chi connectivity index (χ4v) is 5.32. The van der Waals surface area contributed by atoms with Gasteiger partial charge in [-0.15, -0.1) is 0 Å². The Morgan fingerprint density at radius 2 is 1.83 bits per heavy atom. The maximum Gasteiger partial charge on any atom is 0.209 e. The van der Waals surface area contributed by atoms with E-state index in [1.165, 1.54) is 12.1 Å². The monoisotopic (exact) mass is 570 g/mol. The Morgan fingerprint density at radius 3 is 2.63 bits per heavy atom. The second-order valence-corrected chi connectivity index (χ2v) is 11.9. The summed E-state index contributed by atoms with van der Waals surface area (Å²) in [5.41, 5.74) is 7.58. The van der Waals surface area contributed by atoms with Crippen LogP contribution in [0.4, 0.5) is 10.1 Å². The summed E-state index contributed by atoms with van der Waals surface area (Å²) in [6, 6.07) is 16.1. The van der Waals surface area contributed by atoms with Gasteiger partial charge >= 0.3 is 0 Å². The number of primary sulfonamides is 1. The van der Waals surface area contributed by atoms with Gasteiger partial charge in [0.15, 0.2) is 11.5 Å². The van der Waals surface area contributed by atoms with Crippen LogP contribution in [0.3, 0.4) is 0 Å². The van der Waals surface area contributed by atoms with Gasteiger partial charge in [-0.25, -0.2) is 27.9 Å². The molecule has 41 heavy (non-hydrogen) atoms. The lowest BCUT2D eigenvalue weighted by molar-refractivity contribution is 0.596. The number of rotatable bonds is 8. The topological polar surface area (TPSA) is 155 Å². The van der Waals surface area contributed by atoms with Crippen LogP contribution in [-0.4, -0.2) is 50.3 Å². The molecule has 6 rings (SSSR count). The maximum atomic E-state index is 14.6. The average molecular weight is 571 g/mol. The SMILES string of the molecule is CC(C)Nc1cncc(-c2ccc3[nH]nc(-c4nc5c(-c6cc(F)cc(CCS(N)(=O)=O)c6)cccc5[nH]4)c3n2)c1. The summed E-state index contributed by atoms with van der Waals surface area (Å²) in [4.78, 5) is 17.4. The zero-order valence-electron chi connectivity index (χ0n) is 22.3. The predicted molar refractivity (Wildman–Crippen MR) is 158 cm³/mol. The van der Waals surface area contributed by atoms with E-state index in [1.807, 2.05) is 36.4 Å². The lowest BCUT2D eigenvalue weighted by atomic mass is 10.0. The van der Waals surface area contributed by atoms with Gasteiger partial charge in [0, 0.05) is 29.6 Å². The molecule has 10 nitrogen and oxygen atoms in total. The molecular formula is C29H27FN8O2S. The van der Waals surface area contributed by atoms with Crippen LogP contribution in [0.2, 0.25) is 0 Å². The third-order valence-electron chi connectivity index (χ3n) is 6.58. The number of nitrogens with two attached hydrogens (primary N) is 1. The summed E-state index contributed by atoms with van der Waals surface area (Å²) < 4.78 is 37.4. The van der Waals surface area contributed by atoms with Gasteiger partial charge in [0.05, 0.1) is 33.7 Å². The van der Waals surface area contributed by atoms with Gasteiger partial charge in [0.2, 0.25) is 10.0 Å². The highest BCUT2D eigenvalue weighted by Crippen LogP contribution is 2.33. The molecule has 0 spiro atoms. The first-order chi connectivity index (χ1) is 19.6. The second kappa shape index (κ2) is 10.4. The third-order valence-corrected chi connectivity index (χ3v) is 7.35. The van der Waals surface area contributed by atoms with Crippen molar-refractivity contribution in [3.63, 3.8) is 0 Å². The minimum Gasteiger partial charge on any atom is -0.382 e. The van der Waals surface area contributed by atoms with Gasteiger partial charge < -0.3 is 10.3 Å². The fourth-order valence-electron chi connectivity index (χ4n) is 4.80. The van der Waals surface area contributed by atoms with Crippen LogP contribution in [0.5, 0.6) is 0 Å². The van der Waals surface area contributed by atoms with Crippen molar-refractivity contribution in [1.82, 2.24) is 30.1 Å². The van der Waals surface area contributed by atoms with Gasteiger partial charge in [0.1, 0.15) is 11.3 Å². The lowest BCUT2D eigenvalue weighted by Gasteiger charge is -2.10. The highest BCUT2D eigenvalue weighted by molar-refractivity contribution is 7.89. The first kappa shape index (κ1) is 26.5. The molecule has 5 N–H and O–H groups in total. The number of imidazole rings is 1. The molecule has 0 saturated heterocycles. The summed E-state index contributed by atoms with van der Waals surface area (Å²) in [7, 11) is -3.68. The van der Waals surface area contributed by atoms with Crippen LogP contribution in [0.15, 0.2) is 67.0 Å². The van der Waals surface area contributed by atoms with Crippen LogP contribution >= 0.6 is 0 Å². The van der Waals surface area contributed by atoms with E-state index in [0.717, 1.165) is 28.0 Å². The van der Waals surface area contributed by atoms with Crippen molar-refractivity contribution < 1.29 is 12.8 Å². The quantitative estimate of drug-likeness (QED) is 0.200. The molecule has 0 bridgehead atoms. The molecule has 12 heteroatoms. The summed E-state index contributed by atoms with van der Waals surface area (Å²) in [6.07, 6.45) is 3.65. The second-order valence-electron chi connectivity index (χ2n) is 10.2. The Hall–Kier alpha value is -4.68. The van der Waals surface area contributed by atoms with Gasteiger partial charge in [0.25, 0.3) is 0 Å². The van der Waals surface area contributed by atoms with Gasteiger partial charge in [-0.2, -0.15) is 5.10 Å². The number of aromatic nitrogens is 6. The molecule has 2 aromatic carbocycles. The number of aryl methyl sites for hydroxylation is 1. The van der Waals surface area contributed by atoms with Crippen molar-refractivity contribution in [2.75, 3.05) is 11.1 Å². The van der Waals surface area contributed by atoms with E-state index < -0.39 is 15.8 Å². The molecule has 6 aromatic rings. The van der Waals surface area contributed by atoms with E-state index in [4.69, 9.17) is 15.1 Å². The first-order valence-electron chi connectivity index (χ1n) is 13.0. The number of nitrogens with one attached hydrogen (secondary N) is 3.